The van der Waals surface area contributed by atoms with Gasteiger partial charge in [0.1, 0.15) is 0 Å². The molecule has 0 radical (unpaired) electrons. The van der Waals surface area contributed by atoms with Gasteiger partial charge in [-0.25, -0.2) is 14.8 Å². The van der Waals surface area contributed by atoms with E-state index in [-0.39, 0.29) is 5.97 Å². The largest absolute Gasteiger partial charge is 0.465 e. The first kappa shape index (κ1) is 14.3. The average molecular weight is 314 g/mol. The number of fused-ring (bicyclic) bond motifs is 2. The van der Waals surface area contributed by atoms with Gasteiger partial charge in [0.2, 0.25) is 0 Å². The van der Waals surface area contributed by atoms with Gasteiger partial charge in [0.25, 0.3) is 0 Å². The van der Waals surface area contributed by atoms with Crippen LogP contribution in [0.25, 0.3) is 33.2 Å². The Hall–Kier alpha value is -3.27. The van der Waals surface area contributed by atoms with Crippen LogP contribution in [0.3, 0.4) is 0 Å². The van der Waals surface area contributed by atoms with Crippen LogP contribution < -0.4 is 0 Å². The molecule has 2 aromatic carbocycles. The lowest BCUT2D eigenvalue weighted by Crippen LogP contribution is -2.04. The Labute approximate surface area is 138 Å². The van der Waals surface area contributed by atoms with Crippen LogP contribution in [-0.4, -0.2) is 23.0 Å². The van der Waals surface area contributed by atoms with Crippen molar-refractivity contribution >= 4 is 27.8 Å². The van der Waals surface area contributed by atoms with Crippen molar-refractivity contribution in [1.82, 2.24) is 9.97 Å². The van der Waals surface area contributed by atoms with E-state index in [4.69, 9.17) is 4.74 Å². The SMILES string of the molecule is COC(=O)c1cc(-c2ccc3ccccc3n2)nc2ccccc12. The van der Waals surface area contributed by atoms with Crippen LogP contribution >= 0.6 is 0 Å². The molecule has 0 unspecified atom stereocenters. The van der Waals surface area contributed by atoms with Gasteiger partial charge in [-0.05, 0) is 24.3 Å². The monoisotopic (exact) mass is 314 g/mol. The maximum atomic E-state index is 12.2. The van der Waals surface area contributed by atoms with Gasteiger partial charge in [-0.15, -0.1) is 0 Å². The molecule has 4 heteroatoms. The Balaban J connectivity index is 1.96. The van der Waals surface area contributed by atoms with Crippen LogP contribution in [0.5, 0.6) is 0 Å². The Morgan fingerprint density at radius 2 is 1.54 bits per heavy atom. The zero-order chi connectivity index (χ0) is 16.5. The summed E-state index contributed by atoms with van der Waals surface area (Å²) >= 11 is 0. The van der Waals surface area contributed by atoms with Crippen LogP contribution in [0.4, 0.5) is 0 Å². The number of pyridine rings is 2. The van der Waals surface area contributed by atoms with Crippen molar-refractivity contribution in [2.24, 2.45) is 0 Å². The summed E-state index contributed by atoms with van der Waals surface area (Å²) in [4.78, 5) is 21.5. The van der Waals surface area contributed by atoms with Crippen molar-refractivity contribution in [3.63, 3.8) is 0 Å². The molecule has 24 heavy (non-hydrogen) atoms. The lowest BCUT2D eigenvalue weighted by molar-refractivity contribution is 0.0603. The Morgan fingerprint density at radius 1 is 0.833 bits per heavy atom. The first-order chi connectivity index (χ1) is 11.8. The molecule has 0 spiro atoms. The summed E-state index contributed by atoms with van der Waals surface area (Å²) in [5.74, 6) is -0.379. The predicted molar refractivity (Wildman–Crippen MR) is 93.8 cm³/mol. The van der Waals surface area contributed by atoms with Gasteiger partial charge >= 0.3 is 5.97 Å². The molecule has 2 heterocycles. The van der Waals surface area contributed by atoms with Crippen molar-refractivity contribution in [2.75, 3.05) is 7.11 Å². The van der Waals surface area contributed by atoms with Crippen molar-refractivity contribution in [1.29, 1.82) is 0 Å². The fourth-order valence-corrected chi connectivity index (χ4v) is 2.79. The van der Waals surface area contributed by atoms with Crippen LogP contribution in [0, 0.1) is 0 Å². The van der Waals surface area contributed by atoms with Gasteiger partial charge in [-0.3, -0.25) is 0 Å². The summed E-state index contributed by atoms with van der Waals surface area (Å²) in [6.45, 7) is 0. The summed E-state index contributed by atoms with van der Waals surface area (Å²) in [7, 11) is 1.38. The smallest absolute Gasteiger partial charge is 0.338 e. The van der Waals surface area contributed by atoms with Gasteiger partial charge in [0, 0.05) is 10.8 Å². The van der Waals surface area contributed by atoms with E-state index >= 15 is 0 Å². The van der Waals surface area contributed by atoms with Crippen molar-refractivity contribution < 1.29 is 9.53 Å². The second-order valence-electron chi connectivity index (χ2n) is 5.45. The second-order valence-corrected chi connectivity index (χ2v) is 5.45. The highest BCUT2D eigenvalue weighted by molar-refractivity contribution is 6.04. The van der Waals surface area contributed by atoms with Gasteiger partial charge in [0.15, 0.2) is 0 Å². The maximum Gasteiger partial charge on any atom is 0.338 e. The number of benzene rings is 2. The molecule has 0 saturated heterocycles. The molecule has 0 N–H and O–H groups in total. The molecular formula is C20H14N2O2. The Bertz CT molecular complexity index is 1070. The van der Waals surface area contributed by atoms with Gasteiger partial charge < -0.3 is 4.74 Å². The van der Waals surface area contributed by atoms with Crippen LogP contribution in [0.2, 0.25) is 0 Å². The predicted octanol–water partition coefficient (Wildman–Crippen LogP) is 4.24. The second kappa shape index (κ2) is 5.74. The number of methoxy groups -OCH3 is 1. The molecule has 0 fully saturated rings. The molecule has 0 aliphatic carbocycles. The number of rotatable bonds is 2. The Kier molecular flexibility index (Phi) is 3.43. The van der Waals surface area contributed by atoms with Crippen LogP contribution in [-0.2, 0) is 4.74 Å². The molecule has 2 aromatic heterocycles. The van der Waals surface area contributed by atoms with E-state index in [1.807, 2.05) is 60.7 Å². The molecule has 0 aliphatic heterocycles. The summed E-state index contributed by atoms with van der Waals surface area (Å²) in [5, 5.41) is 1.84. The van der Waals surface area contributed by atoms with Gasteiger partial charge in [-0.2, -0.15) is 0 Å². The van der Waals surface area contributed by atoms with Gasteiger partial charge in [0.05, 0.1) is 35.1 Å². The van der Waals surface area contributed by atoms with E-state index in [9.17, 15) is 4.79 Å². The highest BCUT2D eigenvalue weighted by Crippen LogP contribution is 2.25. The standard InChI is InChI=1S/C20H14N2O2/c1-24-20(23)15-12-19(22-17-9-5-3-7-14(15)17)18-11-10-13-6-2-4-8-16(13)21-18/h2-12H,1H3. The van der Waals surface area contributed by atoms with E-state index in [1.54, 1.807) is 6.07 Å². The van der Waals surface area contributed by atoms with Gasteiger partial charge in [-0.1, -0.05) is 42.5 Å². The molecule has 4 rings (SSSR count). The normalized spacial score (nSPS) is 10.9. The van der Waals surface area contributed by atoms with Crippen molar-refractivity contribution in [3.05, 3.63) is 72.3 Å². The molecule has 0 bridgehead atoms. The molecule has 0 saturated carbocycles. The van der Waals surface area contributed by atoms with E-state index < -0.39 is 0 Å². The van der Waals surface area contributed by atoms with Crippen molar-refractivity contribution in [2.45, 2.75) is 0 Å². The van der Waals surface area contributed by atoms with Crippen LogP contribution in [0.1, 0.15) is 10.4 Å². The summed E-state index contributed by atoms with van der Waals surface area (Å²) < 4.78 is 4.92. The minimum Gasteiger partial charge on any atom is -0.465 e. The minimum atomic E-state index is -0.379. The Morgan fingerprint density at radius 3 is 2.38 bits per heavy atom. The number of hydrogen-bond acceptors (Lipinski definition) is 4. The maximum absolute atomic E-state index is 12.2. The fourth-order valence-electron chi connectivity index (χ4n) is 2.79. The third kappa shape index (κ3) is 2.38. The number of ether oxygens (including phenoxy) is 1. The van der Waals surface area contributed by atoms with E-state index in [0.717, 1.165) is 27.5 Å². The number of nitrogens with zero attached hydrogens (tertiary/aromatic N) is 2. The average Bonchev–Trinajstić information content (AvgIpc) is 2.66. The third-order valence-electron chi connectivity index (χ3n) is 3.98. The topological polar surface area (TPSA) is 52.1 Å². The highest BCUT2D eigenvalue weighted by atomic mass is 16.5. The van der Waals surface area contributed by atoms with Crippen LogP contribution in [0.15, 0.2) is 66.7 Å². The number of hydrogen-bond donors (Lipinski definition) is 0. The molecule has 4 aromatic rings. The molecule has 0 aliphatic rings. The first-order valence-corrected chi connectivity index (χ1v) is 7.60. The molecule has 0 atom stereocenters. The number of aromatic nitrogens is 2. The summed E-state index contributed by atoms with van der Waals surface area (Å²) in [6.07, 6.45) is 0. The molecule has 0 amide bonds. The third-order valence-corrected chi connectivity index (χ3v) is 3.98. The number of para-hydroxylation sites is 2. The molecule has 4 nitrogen and oxygen atoms in total. The van der Waals surface area contributed by atoms with Crippen molar-refractivity contribution in [3.8, 4) is 11.4 Å². The van der Waals surface area contributed by atoms with E-state index in [2.05, 4.69) is 9.97 Å². The molecule has 116 valence electrons. The van der Waals surface area contributed by atoms with E-state index in [0.29, 0.717) is 11.3 Å². The lowest BCUT2D eigenvalue weighted by Gasteiger charge is -2.08. The first-order valence-electron chi connectivity index (χ1n) is 7.60. The summed E-state index contributed by atoms with van der Waals surface area (Å²) in [5.41, 5.74) is 3.51. The number of carbonyl (C=O) groups excluding carboxylic acids is 1. The number of carbonyl (C=O) groups is 1. The summed E-state index contributed by atoms with van der Waals surface area (Å²) in [6, 6.07) is 21.1. The highest BCUT2D eigenvalue weighted by Gasteiger charge is 2.14. The zero-order valence-electron chi connectivity index (χ0n) is 13.1. The lowest BCUT2D eigenvalue weighted by atomic mass is 10.1. The number of esters is 1. The quantitative estimate of drug-likeness (QED) is 0.519. The van der Waals surface area contributed by atoms with E-state index in [1.165, 1.54) is 7.11 Å². The fraction of sp³-hybridized carbons (Fsp3) is 0.0500. The zero-order valence-corrected chi connectivity index (χ0v) is 13.1. The minimum absolute atomic E-state index is 0.379. The molecular weight excluding hydrogens is 300 g/mol.